The summed E-state index contributed by atoms with van der Waals surface area (Å²) in [5.74, 6) is 0. The maximum Gasteiger partial charge on any atom is 0.414 e. The zero-order chi connectivity index (χ0) is 14.3. The topological polar surface area (TPSA) is 29.5 Å². The highest BCUT2D eigenvalue weighted by atomic mass is 28.3. The number of benzene rings is 1. The number of hydrogen-bond donors (Lipinski definition) is 0. The summed E-state index contributed by atoms with van der Waals surface area (Å²) in [6, 6.07) is 10.8. The highest BCUT2D eigenvalue weighted by molar-refractivity contribution is 6.93. The number of ether oxygens (including phenoxy) is 1. The fourth-order valence-electron chi connectivity index (χ4n) is 3.31. The number of allylic oxidation sites excluding steroid dienone is 1. The van der Waals surface area contributed by atoms with Crippen LogP contribution >= 0.6 is 0 Å². The molecule has 1 unspecified atom stereocenters. The van der Waals surface area contributed by atoms with Gasteiger partial charge in [-0.05, 0) is 23.6 Å². The van der Waals surface area contributed by atoms with Crippen LogP contribution in [0.1, 0.15) is 18.4 Å². The molecule has 0 N–H and O–H groups in total. The van der Waals surface area contributed by atoms with Gasteiger partial charge in [-0.1, -0.05) is 50.0 Å². The largest absolute Gasteiger partial charge is 0.447 e. The summed E-state index contributed by atoms with van der Waals surface area (Å²) in [5.41, 5.74) is 2.48. The van der Waals surface area contributed by atoms with E-state index in [2.05, 4.69) is 43.9 Å². The summed E-state index contributed by atoms with van der Waals surface area (Å²) in [7, 11) is -1.55. The van der Waals surface area contributed by atoms with Crippen molar-refractivity contribution >= 4 is 19.4 Å². The lowest BCUT2D eigenvalue weighted by Gasteiger charge is -2.27. The van der Waals surface area contributed by atoms with Gasteiger partial charge in [0.25, 0.3) is 0 Å². The zero-order valence-corrected chi connectivity index (χ0v) is 13.3. The molecule has 0 radical (unpaired) electrons. The standard InChI is InChI=1S/C16H21NO2Si/c1-20(2,3)15(12-7-5-4-6-8-12)14-10-9-13-11-19-16(18)17(13)14/h4-8,13H,9-11H2,1-3H3/b15-14+. The first-order valence-corrected chi connectivity index (χ1v) is 10.7. The van der Waals surface area contributed by atoms with Gasteiger partial charge in [0.15, 0.2) is 0 Å². The summed E-state index contributed by atoms with van der Waals surface area (Å²) in [4.78, 5) is 13.9. The predicted molar refractivity (Wildman–Crippen MR) is 82.9 cm³/mol. The monoisotopic (exact) mass is 287 g/mol. The first-order chi connectivity index (χ1) is 9.48. The average Bonchev–Trinajstić information content (AvgIpc) is 2.94. The molecule has 4 heteroatoms. The third-order valence-corrected chi connectivity index (χ3v) is 6.14. The van der Waals surface area contributed by atoms with Crippen molar-refractivity contribution in [2.24, 2.45) is 0 Å². The minimum absolute atomic E-state index is 0.158. The number of rotatable bonds is 2. The smallest absolute Gasteiger partial charge is 0.414 e. The molecule has 1 atom stereocenters. The van der Waals surface area contributed by atoms with Crippen LogP contribution in [0.5, 0.6) is 0 Å². The molecule has 2 heterocycles. The SMILES string of the molecule is C[Si](C)(C)/C(=C1\CCC2COC(=O)N12)c1ccccc1. The van der Waals surface area contributed by atoms with Gasteiger partial charge in [0.2, 0.25) is 0 Å². The zero-order valence-electron chi connectivity index (χ0n) is 12.3. The van der Waals surface area contributed by atoms with E-state index in [1.54, 1.807) is 0 Å². The fraction of sp³-hybridized carbons (Fsp3) is 0.438. The second-order valence-electron chi connectivity index (χ2n) is 6.58. The van der Waals surface area contributed by atoms with Crippen LogP contribution in [0.2, 0.25) is 19.6 Å². The van der Waals surface area contributed by atoms with Crippen molar-refractivity contribution < 1.29 is 9.53 Å². The Morgan fingerprint density at radius 2 is 1.95 bits per heavy atom. The van der Waals surface area contributed by atoms with Crippen LogP contribution in [0, 0.1) is 0 Å². The predicted octanol–water partition coefficient (Wildman–Crippen LogP) is 3.89. The van der Waals surface area contributed by atoms with E-state index in [0.717, 1.165) is 12.8 Å². The van der Waals surface area contributed by atoms with E-state index in [4.69, 9.17) is 4.74 Å². The number of carbonyl (C=O) groups is 1. The van der Waals surface area contributed by atoms with E-state index in [9.17, 15) is 4.79 Å². The van der Waals surface area contributed by atoms with E-state index in [-0.39, 0.29) is 12.1 Å². The summed E-state index contributed by atoms with van der Waals surface area (Å²) >= 11 is 0. The molecular weight excluding hydrogens is 266 g/mol. The van der Waals surface area contributed by atoms with Gasteiger partial charge in [-0.15, -0.1) is 0 Å². The highest BCUT2D eigenvalue weighted by Crippen LogP contribution is 2.40. The lowest BCUT2D eigenvalue weighted by atomic mass is 10.1. The molecule has 1 amide bonds. The molecule has 1 aromatic rings. The van der Waals surface area contributed by atoms with Gasteiger partial charge in [-0.2, -0.15) is 0 Å². The molecular formula is C16H21NO2Si. The lowest BCUT2D eigenvalue weighted by molar-refractivity contribution is 0.164. The summed E-state index contributed by atoms with van der Waals surface area (Å²) in [6.07, 6.45) is 1.87. The van der Waals surface area contributed by atoms with E-state index < -0.39 is 8.07 Å². The number of carbonyl (C=O) groups excluding carboxylic acids is 1. The van der Waals surface area contributed by atoms with Gasteiger partial charge < -0.3 is 4.74 Å². The van der Waals surface area contributed by atoms with E-state index in [0.29, 0.717) is 6.61 Å². The Morgan fingerprint density at radius 3 is 2.60 bits per heavy atom. The lowest BCUT2D eigenvalue weighted by Crippen LogP contribution is -2.31. The second-order valence-corrected chi connectivity index (χ2v) is 11.6. The Labute approximate surface area is 121 Å². The molecule has 2 fully saturated rings. The minimum atomic E-state index is -1.55. The molecule has 0 aliphatic carbocycles. The van der Waals surface area contributed by atoms with E-state index in [1.165, 1.54) is 16.5 Å². The number of cyclic esters (lactones) is 1. The van der Waals surface area contributed by atoms with Gasteiger partial charge in [0, 0.05) is 5.70 Å². The van der Waals surface area contributed by atoms with E-state index >= 15 is 0 Å². The third kappa shape index (κ3) is 2.18. The number of fused-ring (bicyclic) bond motifs is 1. The van der Waals surface area contributed by atoms with Crippen molar-refractivity contribution in [3.63, 3.8) is 0 Å². The van der Waals surface area contributed by atoms with E-state index in [1.807, 2.05) is 11.0 Å². The molecule has 3 rings (SSSR count). The molecule has 0 saturated carbocycles. The Balaban J connectivity index is 2.14. The molecule has 0 bridgehead atoms. The van der Waals surface area contributed by atoms with Crippen LogP contribution in [0.3, 0.4) is 0 Å². The van der Waals surface area contributed by atoms with Crippen molar-refractivity contribution in [3.05, 3.63) is 41.6 Å². The van der Waals surface area contributed by atoms with Gasteiger partial charge >= 0.3 is 6.09 Å². The second kappa shape index (κ2) is 4.77. The van der Waals surface area contributed by atoms with Crippen LogP contribution in [-0.4, -0.2) is 31.7 Å². The minimum Gasteiger partial charge on any atom is -0.447 e. The molecule has 1 aromatic carbocycles. The van der Waals surface area contributed by atoms with Crippen LogP contribution in [0.25, 0.3) is 5.20 Å². The molecule has 20 heavy (non-hydrogen) atoms. The molecule has 3 nitrogen and oxygen atoms in total. The first kappa shape index (κ1) is 13.4. The van der Waals surface area contributed by atoms with Crippen molar-refractivity contribution in [1.82, 2.24) is 4.90 Å². The highest BCUT2D eigenvalue weighted by Gasteiger charge is 2.43. The van der Waals surface area contributed by atoms with Crippen molar-refractivity contribution in [2.75, 3.05) is 6.61 Å². The van der Waals surface area contributed by atoms with Crippen LogP contribution in [0.4, 0.5) is 4.79 Å². The molecule has 106 valence electrons. The summed E-state index contributed by atoms with van der Waals surface area (Å²) in [6.45, 7) is 7.58. The number of nitrogens with zero attached hydrogens (tertiary/aromatic N) is 1. The molecule has 2 saturated heterocycles. The third-order valence-electron chi connectivity index (χ3n) is 4.07. The summed E-state index contributed by atoms with van der Waals surface area (Å²) < 4.78 is 5.22. The molecule has 0 spiro atoms. The Bertz CT molecular complexity index is 560. The average molecular weight is 287 g/mol. The molecule has 2 aliphatic heterocycles. The Morgan fingerprint density at radius 1 is 1.25 bits per heavy atom. The maximum atomic E-state index is 12.0. The summed E-state index contributed by atoms with van der Waals surface area (Å²) in [5, 5.41) is 1.40. The van der Waals surface area contributed by atoms with Gasteiger partial charge in [-0.25, -0.2) is 4.79 Å². The Hall–Kier alpha value is -1.55. The number of amides is 1. The van der Waals surface area contributed by atoms with Crippen LogP contribution < -0.4 is 0 Å². The Kier molecular flexibility index (Phi) is 3.20. The fourth-order valence-corrected chi connectivity index (χ4v) is 5.45. The molecule has 0 aromatic heterocycles. The molecule has 2 aliphatic rings. The van der Waals surface area contributed by atoms with Crippen molar-refractivity contribution in [2.45, 2.75) is 38.5 Å². The normalized spacial score (nSPS) is 24.6. The number of hydrogen-bond acceptors (Lipinski definition) is 2. The van der Waals surface area contributed by atoms with Crippen molar-refractivity contribution in [3.8, 4) is 0 Å². The van der Waals surface area contributed by atoms with Gasteiger partial charge in [-0.3, -0.25) is 4.90 Å². The van der Waals surface area contributed by atoms with Crippen LogP contribution in [0.15, 0.2) is 36.0 Å². The van der Waals surface area contributed by atoms with Crippen LogP contribution in [-0.2, 0) is 4.74 Å². The maximum absolute atomic E-state index is 12.0. The quantitative estimate of drug-likeness (QED) is 0.772. The van der Waals surface area contributed by atoms with Crippen molar-refractivity contribution in [1.29, 1.82) is 0 Å². The van der Waals surface area contributed by atoms with Gasteiger partial charge in [0.05, 0.1) is 14.1 Å². The first-order valence-electron chi connectivity index (χ1n) is 7.23. The van der Waals surface area contributed by atoms with Gasteiger partial charge in [0.1, 0.15) is 6.61 Å².